The first-order valence-corrected chi connectivity index (χ1v) is 9.79. The van der Waals surface area contributed by atoms with Crippen LogP contribution in [0.4, 0.5) is 0 Å². The molecule has 0 bridgehead atoms. The number of hydrogen-bond donors (Lipinski definition) is 0. The fourth-order valence-corrected chi connectivity index (χ4v) is 3.57. The van der Waals surface area contributed by atoms with Gasteiger partial charge < -0.3 is 4.74 Å². The lowest BCUT2D eigenvalue weighted by Crippen LogP contribution is -1.97. The van der Waals surface area contributed by atoms with E-state index in [0.717, 1.165) is 10.2 Å². The van der Waals surface area contributed by atoms with Crippen LogP contribution >= 0.6 is 31.9 Å². The molecule has 1 aromatic carbocycles. The minimum atomic E-state index is 0.375. The van der Waals surface area contributed by atoms with Crippen LogP contribution in [-0.4, -0.2) is 7.11 Å². The number of halogens is 2. The van der Waals surface area contributed by atoms with E-state index in [0.29, 0.717) is 4.83 Å². The van der Waals surface area contributed by atoms with Gasteiger partial charge >= 0.3 is 0 Å². The van der Waals surface area contributed by atoms with Gasteiger partial charge in [-0.1, -0.05) is 83.7 Å². The Bertz CT molecular complexity index is 418. The summed E-state index contributed by atoms with van der Waals surface area (Å²) in [6, 6.07) is 4.30. The van der Waals surface area contributed by atoms with E-state index >= 15 is 0 Å². The lowest BCUT2D eigenvalue weighted by atomic mass is 10.0. The Morgan fingerprint density at radius 2 is 1.67 bits per heavy atom. The van der Waals surface area contributed by atoms with E-state index in [4.69, 9.17) is 4.74 Å². The van der Waals surface area contributed by atoms with E-state index in [-0.39, 0.29) is 0 Å². The largest absolute Gasteiger partial charge is 0.496 e. The highest BCUT2D eigenvalue weighted by Crippen LogP contribution is 2.38. The number of hydrogen-bond acceptors (Lipinski definition) is 1. The van der Waals surface area contributed by atoms with Crippen LogP contribution < -0.4 is 4.74 Å². The number of benzene rings is 1. The molecule has 1 nitrogen and oxygen atoms in total. The van der Waals surface area contributed by atoms with Crippen molar-refractivity contribution in [1.29, 1.82) is 0 Å². The summed E-state index contributed by atoms with van der Waals surface area (Å²) >= 11 is 7.45. The Balaban J connectivity index is 2.41. The quantitative estimate of drug-likeness (QED) is 0.284. The van der Waals surface area contributed by atoms with Gasteiger partial charge in [-0.2, -0.15) is 0 Å². The molecule has 120 valence electrons. The normalized spacial score (nSPS) is 12.4. The maximum absolute atomic E-state index is 5.52. The molecule has 0 N–H and O–H groups in total. The van der Waals surface area contributed by atoms with E-state index in [1.54, 1.807) is 7.11 Å². The van der Waals surface area contributed by atoms with Crippen molar-refractivity contribution in [2.24, 2.45) is 0 Å². The molecule has 1 unspecified atom stereocenters. The Kier molecular flexibility index (Phi) is 9.66. The highest BCUT2D eigenvalue weighted by Gasteiger charge is 2.14. The third kappa shape index (κ3) is 6.73. The SMILES string of the molecule is CCCCCCCCCC(Br)c1cc(Br)c(C)cc1OC. The smallest absolute Gasteiger partial charge is 0.123 e. The molecule has 0 aliphatic rings. The number of aryl methyl sites for hydroxylation is 1. The predicted molar refractivity (Wildman–Crippen MR) is 99.7 cm³/mol. The Labute approximate surface area is 147 Å². The van der Waals surface area contributed by atoms with Crippen LogP contribution in [0.2, 0.25) is 0 Å². The molecule has 0 amide bonds. The highest BCUT2D eigenvalue weighted by molar-refractivity contribution is 9.10. The molecule has 0 spiro atoms. The van der Waals surface area contributed by atoms with Crippen LogP contribution in [0.15, 0.2) is 16.6 Å². The number of methoxy groups -OCH3 is 1. The van der Waals surface area contributed by atoms with Crippen molar-refractivity contribution in [3.8, 4) is 5.75 Å². The van der Waals surface area contributed by atoms with Crippen molar-refractivity contribution >= 4 is 31.9 Å². The molecule has 0 aromatic heterocycles. The number of ether oxygens (including phenoxy) is 1. The lowest BCUT2D eigenvalue weighted by Gasteiger charge is -2.16. The van der Waals surface area contributed by atoms with Gasteiger partial charge in [0.15, 0.2) is 0 Å². The standard InChI is InChI=1S/C18H28Br2O/c1-4-5-6-7-8-9-10-11-16(19)15-13-17(20)14(2)12-18(15)21-3/h12-13,16H,4-11H2,1-3H3. The second kappa shape index (κ2) is 10.7. The predicted octanol–water partition coefficient (Wildman–Crippen LogP) is 7.34. The van der Waals surface area contributed by atoms with Crippen LogP contribution in [0, 0.1) is 6.92 Å². The van der Waals surface area contributed by atoms with Crippen LogP contribution in [0.1, 0.15) is 74.2 Å². The topological polar surface area (TPSA) is 9.23 Å². The Morgan fingerprint density at radius 1 is 1.05 bits per heavy atom. The van der Waals surface area contributed by atoms with Crippen molar-refractivity contribution < 1.29 is 4.74 Å². The highest BCUT2D eigenvalue weighted by atomic mass is 79.9. The summed E-state index contributed by atoms with van der Waals surface area (Å²) in [4.78, 5) is 0.375. The molecule has 1 rings (SSSR count). The number of unbranched alkanes of at least 4 members (excludes halogenated alkanes) is 6. The van der Waals surface area contributed by atoms with Gasteiger partial charge in [-0.3, -0.25) is 0 Å². The molecule has 21 heavy (non-hydrogen) atoms. The molecule has 0 saturated carbocycles. The molecule has 1 aromatic rings. The molecule has 0 fully saturated rings. The van der Waals surface area contributed by atoms with Gasteiger partial charge in [-0.25, -0.2) is 0 Å². The zero-order valence-corrected chi connectivity index (χ0v) is 16.7. The monoisotopic (exact) mass is 418 g/mol. The van der Waals surface area contributed by atoms with Gasteiger partial charge in [-0.05, 0) is 31.0 Å². The van der Waals surface area contributed by atoms with Crippen LogP contribution in [0.3, 0.4) is 0 Å². The summed E-state index contributed by atoms with van der Waals surface area (Å²) in [5.41, 5.74) is 2.46. The van der Waals surface area contributed by atoms with E-state index in [2.05, 4.69) is 57.8 Å². The average Bonchev–Trinajstić information content (AvgIpc) is 2.48. The zero-order valence-electron chi connectivity index (χ0n) is 13.6. The second-order valence-corrected chi connectivity index (χ2v) is 7.68. The first-order valence-electron chi connectivity index (χ1n) is 8.08. The van der Waals surface area contributed by atoms with Crippen molar-refractivity contribution in [3.05, 3.63) is 27.7 Å². The Hall–Kier alpha value is -0.0200. The Morgan fingerprint density at radius 3 is 2.29 bits per heavy atom. The maximum atomic E-state index is 5.52. The summed E-state index contributed by atoms with van der Waals surface area (Å²) in [5, 5.41) is 0. The number of rotatable bonds is 10. The first-order chi connectivity index (χ1) is 10.1. The summed E-state index contributed by atoms with van der Waals surface area (Å²) in [5.74, 6) is 0.987. The zero-order chi connectivity index (χ0) is 15.7. The third-order valence-electron chi connectivity index (χ3n) is 3.91. The van der Waals surface area contributed by atoms with Crippen LogP contribution in [-0.2, 0) is 0 Å². The van der Waals surface area contributed by atoms with Gasteiger partial charge in [0.05, 0.1) is 7.11 Å². The summed E-state index contributed by atoms with van der Waals surface area (Å²) in [6.45, 7) is 4.36. The van der Waals surface area contributed by atoms with Crippen molar-refractivity contribution in [1.82, 2.24) is 0 Å². The van der Waals surface area contributed by atoms with Gasteiger partial charge in [0.1, 0.15) is 5.75 Å². The van der Waals surface area contributed by atoms with E-state index < -0.39 is 0 Å². The van der Waals surface area contributed by atoms with E-state index in [9.17, 15) is 0 Å². The minimum absolute atomic E-state index is 0.375. The molecule has 0 saturated heterocycles. The van der Waals surface area contributed by atoms with Gasteiger partial charge in [0.2, 0.25) is 0 Å². The van der Waals surface area contributed by atoms with E-state index in [1.165, 1.54) is 62.5 Å². The molecular weight excluding hydrogens is 392 g/mol. The summed E-state index contributed by atoms with van der Waals surface area (Å²) < 4.78 is 6.68. The van der Waals surface area contributed by atoms with Crippen molar-refractivity contribution in [2.75, 3.05) is 7.11 Å². The van der Waals surface area contributed by atoms with Crippen LogP contribution in [0.25, 0.3) is 0 Å². The molecule has 0 aliphatic heterocycles. The maximum Gasteiger partial charge on any atom is 0.123 e. The fraction of sp³-hybridized carbons (Fsp3) is 0.667. The van der Waals surface area contributed by atoms with Gasteiger partial charge in [0.25, 0.3) is 0 Å². The molecule has 0 heterocycles. The molecule has 3 heteroatoms. The second-order valence-electron chi connectivity index (χ2n) is 5.72. The van der Waals surface area contributed by atoms with Crippen molar-refractivity contribution in [2.45, 2.75) is 70.0 Å². The van der Waals surface area contributed by atoms with Crippen molar-refractivity contribution in [3.63, 3.8) is 0 Å². The lowest BCUT2D eigenvalue weighted by molar-refractivity contribution is 0.408. The average molecular weight is 420 g/mol. The van der Waals surface area contributed by atoms with Crippen LogP contribution in [0.5, 0.6) is 5.75 Å². The van der Waals surface area contributed by atoms with Gasteiger partial charge in [0, 0.05) is 14.9 Å². The molecule has 0 radical (unpaired) electrons. The summed E-state index contributed by atoms with van der Waals surface area (Å²) in [7, 11) is 1.75. The summed E-state index contributed by atoms with van der Waals surface area (Å²) in [6.07, 6.45) is 10.6. The number of alkyl halides is 1. The van der Waals surface area contributed by atoms with Gasteiger partial charge in [-0.15, -0.1) is 0 Å². The third-order valence-corrected chi connectivity index (χ3v) is 5.71. The minimum Gasteiger partial charge on any atom is -0.496 e. The molecular formula is C18H28Br2O. The molecule has 1 atom stereocenters. The first kappa shape index (κ1) is 19.0. The van der Waals surface area contributed by atoms with E-state index in [1.807, 2.05) is 0 Å². The fourth-order valence-electron chi connectivity index (χ4n) is 2.53. The molecule has 0 aliphatic carbocycles.